The molecule has 0 fully saturated rings. The molecule has 0 amide bonds. The highest BCUT2D eigenvalue weighted by Gasteiger charge is 2.24. The molecule has 0 saturated heterocycles. The van der Waals surface area contributed by atoms with Gasteiger partial charge in [0.05, 0.1) is 7.11 Å². The summed E-state index contributed by atoms with van der Waals surface area (Å²) in [7, 11) is 1.33. The fourth-order valence-corrected chi connectivity index (χ4v) is 2.53. The molecule has 7 heteroatoms. The molecule has 27 heavy (non-hydrogen) atoms. The summed E-state index contributed by atoms with van der Waals surface area (Å²) in [5.41, 5.74) is 1.24. The zero-order valence-corrected chi connectivity index (χ0v) is 14.7. The number of aromatic nitrogens is 1. The highest BCUT2D eigenvalue weighted by Crippen LogP contribution is 2.26. The van der Waals surface area contributed by atoms with E-state index < -0.39 is 24.2 Å². The fourth-order valence-electron chi connectivity index (χ4n) is 2.53. The van der Waals surface area contributed by atoms with Crippen LogP contribution in [0.3, 0.4) is 0 Å². The number of carbonyl (C=O) groups excluding carboxylic acids is 2. The van der Waals surface area contributed by atoms with Crippen LogP contribution in [0.25, 0.3) is 11.3 Å². The van der Waals surface area contributed by atoms with Crippen LogP contribution < -0.4 is 4.74 Å². The van der Waals surface area contributed by atoms with Crippen LogP contribution in [0.2, 0.25) is 0 Å². The third-order valence-electron chi connectivity index (χ3n) is 3.92. The number of halogens is 1. The molecule has 6 nitrogen and oxygen atoms in total. The topological polar surface area (TPSA) is 78.6 Å². The summed E-state index contributed by atoms with van der Waals surface area (Å²) in [6, 6.07) is 12.8. The number of methoxy groups -OCH3 is 1. The van der Waals surface area contributed by atoms with E-state index in [2.05, 4.69) is 5.16 Å². The predicted octanol–water partition coefficient (Wildman–Crippen LogP) is 3.84. The molecule has 0 saturated carbocycles. The Bertz CT molecular complexity index is 981. The van der Waals surface area contributed by atoms with Gasteiger partial charge in [-0.15, -0.1) is 0 Å². The molecule has 0 atom stereocenters. The number of Topliss-reactive ketones (excluding diaryl/α,β-unsaturated/α-hetero) is 1. The molecule has 0 N–H and O–H groups in total. The van der Waals surface area contributed by atoms with Crippen molar-refractivity contribution in [1.82, 2.24) is 5.16 Å². The Hall–Kier alpha value is -3.48. The van der Waals surface area contributed by atoms with E-state index in [1.165, 1.54) is 19.2 Å². The number of nitrogens with zero attached hydrogens (tertiary/aromatic N) is 1. The first-order valence-corrected chi connectivity index (χ1v) is 8.06. The summed E-state index contributed by atoms with van der Waals surface area (Å²) in [5.74, 6) is -1.65. The van der Waals surface area contributed by atoms with Gasteiger partial charge in [-0.25, -0.2) is 9.18 Å². The van der Waals surface area contributed by atoms with Crippen molar-refractivity contribution in [2.45, 2.75) is 6.92 Å². The van der Waals surface area contributed by atoms with E-state index in [-0.39, 0.29) is 22.6 Å². The minimum Gasteiger partial charge on any atom is -0.494 e. The fraction of sp³-hybridized carbons (Fsp3) is 0.150. The number of esters is 1. The van der Waals surface area contributed by atoms with Gasteiger partial charge in [0.15, 0.2) is 24.0 Å². The van der Waals surface area contributed by atoms with E-state index in [4.69, 9.17) is 14.0 Å². The third kappa shape index (κ3) is 3.87. The molecule has 0 aliphatic heterocycles. The van der Waals surface area contributed by atoms with Gasteiger partial charge in [-0.1, -0.05) is 35.5 Å². The van der Waals surface area contributed by atoms with Crippen molar-refractivity contribution >= 4 is 11.8 Å². The maximum absolute atomic E-state index is 13.7. The minimum absolute atomic E-state index is 0.0242. The Morgan fingerprint density at radius 1 is 1.15 bits per heavy atom. The maximum atomic E-state index is 13.7. The highest BCUT2D eigenvalue weighted by molar-refractivity contribution is 6.01. The summed E-state index contributed by atoms with van der Waals surface area (Å²) in [5, 5.41) is 3.90. The lowest BCUT2D eigenvalue weighted by molar-refractivity contribution is 0.0473. The quantitative estimate of drug-likeness (QED) is 0.485. The van der Waals surface area contributed by atoms with Crippen molar-refractivity contribution < 1.29 is 28.0 Å². The SMILES string of the molecule is COc1ccc(C(=O)COC(=O)c2c(-c3ccccc3)noc2C)cc1F. The van der Waals surface area contributed by atoms with Crippen LogP contribution >= 0.6 is 0 Å². The molecule has 0 radical (unpaired) electrons. The lowest BCUT2D eigenvalue weighted by Gasteiger charge is -2.06. The van der Waals surface area contributed by atoms with Gasteiger partial charge in [-0.2, -0.15) is 0 Å². The van der Waals surface area contributed by atoms with E-state index in [0.717, 1.165) is 6.07 Å². The standard InChI is InChI=1S/C20H16FNO5/c1-12-18(19(22-27-12)13-6-4-3-5-7-13)20(24)26-11-16(23)14-8-9-17(25-2)15(21)10-14/h3-10H,11H2,1-2H3. The number of hydrogen-bond acceptors (Lipinski definition) is 6. The van der Waals surface area contributed by atoms with E-state index in [1.807, 2.05) is 6.07 Å². The molecular weight excluding hydrogens is 353 g/mol. The molecule has 3 aromatic rings. The molecule has 0 aliphatic carbocycles. The lowest BCUT2D eigenvalue weighted by atomic mass is 10.1. The first-order chi connectivity index (χ1) is 13.0. The predicted molar refractivity (Wildman–Crippen MR) is 94.2 cm³/mol. The second kappa shape index (κ2) is 7.82. The number of ether oxygens (including phenoxy) is 2. The van der Waals surface area contributed by atoms with E-state index in [9.17, 15) is 14.0 Å². The second-order valence-electron chi connectivity index (χ2n) is 5.68. The molecule has 0 aliphatic rings. The second-order valence-corrected chi connectivity index (χ2v) is 5.68. The van der Waals surface area contributed by atoms with Crippen molar-refractivity contribution in [2.24, 2.45) is 0 Å². The van der Waals surface area contributed by atoms with Crippen molar-refractivity contribution in [1.29, 1.82) is 0 Å². The number of benzene rings is 2. The number of aryl methyl sites for hydroxylation is 1. The lowest BCUT2D eigenvalue weighted by Crippen LogP contribution is -2.15. The van der Waals surface area contributed by atoms with E-state index >= 15 is 0 Å². The van der Waals surface area contributed by atoms with Gasteiger partial charge in [0.2, 0.25) is 0 Å². The van der Waals surface area contributed by atoms with E-state index in [0.29, 0.717) is 11.3 Å². The maximum Gasteiger partial charge on any atom is 0.344 e. The van der Waals surface area contributed by atoms with Crippen LogP contribution in [-0.4, -0.2) is 30.6 Å². The smallest absolute Gasteiger partial charge is 0.344 e. The molecule has 3 rings (SSSR count). The first kappa shape index (κ1) is 18.3. The Morgan fingerprint density at radius 2 is 1.89 bits per heavy atom. The molecule has 0 spiro atoms. The Morgan fingerprint density at radius 3 is 2.56 bits per heavy atom. The molecule has 138 valence electrons. The Kier molecular flexibility index (Phi) is 5.30. The highest BCUT2D eigenvalue weighted by atomic mass is 19.1. The van der Waals surface area contributed by atoms with Gasteiger partial charge in [0, 0.05) is 11.1 Å². The average molecular weight is 369 g/mol. The monoisotopic (exact) mass is 369 g/mol. The zero-order chi connectivity index (χ0) is 19.4. The third-order valence-corrected chi connectivity index (χ3v) is 3.92. The largest absolute Gasteiger partial charge is 0.494 e. The van der Waals surface area contributed by atoms with Crippen LogP contribution in [0, 0.1) is 12.7 Å². The van der Waals surface area contributed by atoms with Crippen molar-refractivity contribution in [3.05, 3.63) is 71.2 Å². The van der Waals surface area contributed by atoms with Crippen molar-refractivity contribution in [3.63, 3.8) is 0 Å². The zero-order valence-electron chi connectivity index (χ0n) is 14.7. The molecule has 1 aromatic heterocycles. The van der Waals surface area contributed by atoms with Crippen LogP contribution in [0.15, 0.2) is 53.1 Å². The van der Waals surface area contributed by atoms with Gasteiger partial charge in [0.25, 0.3) is 0 Å². The van der Waals surface area contributed by atoms with Crippen LogP contribution in [0.1, 0.15) is 26.5 Å². The number of hydrogen-bond donors (Lipinski definition) is 0. The van der Waals surface area contributed by atoms with Gasteiger partial charge >= 0.3 is 5.97 Å². The normalized spacial score (nSPS) is 10.5. The van der Waals surface area contributed by atoms with Gasteiger partial charge in [-0.05, 0) is 25.1 Å². The van der Waals surface area contributed by atoms with Gasteiger partial charge in [0.1, 0.15) is 17.0 Å². The first-order valence-electron chi connectivity index (χ1n) is 8.06. The molecule has 0 bridgehead atoms. The molecular formula is C20H16FNO5. The summed E-state index contributed by atoms with van der Waals surface area (Å²) < 4.78 is 28.7. The summed E-state index contributed by atoms with van der Waals surface area (Å²) >= 11 is 0. The number of carbonyl (C=O) groups is 2. The van der Waals surface area contributed by atoms with Crippen LogP contribution in [0.5, 0.6) is 5.75 Å². The summed E-state index contributed by atoms with van der Waals surface area (Å²) in [6.45, 7) is 1.04. The molecule has 0 unspecified atom stereocenters. The van der Waals surface area contributed by atoms with Crippen LogP contribution in [0.4, 0.5) is 4.39 Å². The van der Waals surface area contributed by atoms with Gasteiger partial charge < -0.3 is 14.0 Å². The number of rotatable bonds is 6. The Balaban J connectivity index is 1.74. The Labute approximate surface area is 154 Å². The van der Waals surface area contributed by atoms with Crippen LogP contribution in [-0.2, 0) is 4.74 Å². The number of ketones is 1. The van der Waals surface area contributed by atoms with Gasteiger partial charge in [-0.3, -0.25) is 4.79 Å². The van der Waals surface area contributed by atoms with Crippen molar-refractivity contribution in [2.75, 3.05) is 13.7 Å². The van der Waals surface area contributed by atoms with Crippen molar-refractivity contribution in [3.8, 4) is 17.0 Å². The summed E-state index contributed by atoms with van der Waals surface area (Å²) in [6.07, 6.45) is 0. The molecule has 1 heterocycles. The van der Waals surface area contributed by atoms with E-state index in [1.54, 1.807) is 31.2 Å². The average Bonchev–Trinajstić information content (AvgIpc) is 3.08. The molecule has 2 aromatic carbocycles. The summed E-state index contributed by atoms with van der Waals surface area (Å²) in [4.78, 5) is 24.6. The minimum atomic E-state index is -0.741.